The Labute approximate surface area is 156 Å². The normalized spacial score (nSPS) is 30.8. The molecule has 2 aromatic rings. The van der Waals surface area contributed by atoms with Gasteiger partial charge in [-0.05, 0) is 65.6 Å². The minimum Gasteiger partial charge on any atom is -0.385 e. The molecule has 0 radical (unpaired) electrons. The van der Waals surface area contributed by atoms with Crippen LogP contribution in [0.3, 0.4) is 0 Å². The van der Waals surface area contributed by atoms with Crippen molar-refractivity contribution in [1.82, 2.24) is 10.3 Å². The number of fused-ring (bicyclic) bond motifs is 2. The average Bonchev–Trinajstić information content (AvgIpc) is 3.01. The number of nitrogens with zero attached hydrogens (tertiary/aromatic N) is 2. The molecule has 0 saturated heterocycles. The van der Waals surface area contributed by atoms with E-state index in [1.54, 1.807) is 24.5 Å². The fraction of sp³-hybridized carbons (Fsp3) is 0.350. The first-order valence-electron chi connectivity index (χ1n) is 8.81. The molecular weight excluding hydrogens is 350 g/mol. The number of carbonyl (C=O) groups excluding carboxylic acids is 1. The number of carbonyl (C=O) groups is 1. The number of hydrogen-bond donors (Lipinski definition) is 2. The van der Waals surface area contributed by atoms with Crippen LogP contribution in [-0.4, -0.2) is 28.3 Å². The molecule has 2 aliphatic carbocycles. The second-order valence-corrected chi connectivity index (χ2v) is 7.93. The molecule has 2 unspecified atom stereocenters. The van der Waals surface area contributed by atoms with Crippen LogP contribution in [0, 0.1) is 11.8 Å². The van der Waals surface area contributed by atoms with E-state index in [9.17, 15) is 9.90 Å². The van der Waals surface area contributed by atoms with Crippen LogP contribution in [-0.2, 0) is 12.1 Å². The first-order valence-corrected chi connectivity index (χ1v) is 9.19. The smallest absolute Gasteiger partial charge is 0.251 e. The summed E-state index contributed by atoms with van der Waals surface area (Å²) in [6.45, 7) is 0.599. The van der Waals surface area contributed by atoms with Crippen molar-refractivity contribution in [3.63, 3.8) is 0 Å². The third kappa shape index (κ3) is 2.46. The SMILES string of the molecule is O=C(NC1[C@H]2CC(O)(c3cc(Cl)cc4c3CN=C4)C[C@@H]12)c1ccncc1. The van der Waals surface area contributed by atoms with Crippen molar-refractivity contribution in [3.05, 3.63) is 63.9 Å². The molecule has 2 saturated carbocycles. The number of aromatic nitrogens is 1. The van der Waals surface area contributed by atoms with Crippen LogP contribution in [0.4, 0.5) is 0 Å². The predicted octanol–water partition coefficient (Wildman–Crippen LogP) is 2.69. The number of pyridine rings is 1. The van der Waals surface area contributed by atoms with Gasteiger partial charge in [-0.15, -0.1) is 0 Å². The summed E-state index contributed by atoms with van der Waals surface area (Å²) in [7, 11) is 0. The fourth-order valence-electron chi connectivity index (χ4n) is 4.64. The molecule has 26 heavy (non-hydrogen) atoms. The minimum absolute atomic E-state index is 0.0765. The van der Waals surface area contributed by atoms with E-state index in [1.807, 2.05) is 18.3 Å². The molecule has 5 rings (SSSR count). The molecule has 2 N–H and O–H groups in total. The predicted molar refractivity (Wildman–Crippen MR) is 98.4 cm³/mol. The minimum atomic E-state index is -0.879. The van der Waals surface area contributed by atoms with Crippen LogP contribution < -0.4 is 5.32 Å². The van der Waals surface area contributed by atoms with Gasteiger partial charge in [-0.3, -0.25) is 14.8 Å². The van der Waals surface area contributed by atoms with Gasteiger partial charge in [0.05, 0.1) is 12.1 Å². The maximum absolute atomic E-state index is 12.3. The van der Waals surface area contributed by atoms with Gasteiger partial charge >= 0.3 is 0 Å². The summed E-state index contributed by atoms with van der Waals surface area (Å²) in [4.78, 5) is 20.6. The molecule has 3 aliphatic rings. The Morgan fingerprint density at radius 3 is 2.69 bits per heavy atom. The Bertz CT molecular complexity index is 916. The lowest BCUT2D eigenvalue weighted by atomic mass is 9.84. The molecule has 5 nitrogen and oxygen atoms in total. The third-order valence-corrected chi connectivity index (χ3v) is 6.17. The molecule has 132 valence electrons. The van der Waals surface area contributed by atoms with Gasteiger partial charge in [0.25, 0.3) is 5.91 Å². The standard InChI is InChI=1S/C20H18ClN3O2/c21-13-5-12-9-23-10-16(12)17(6-13)20(26)7-14-15(8-20)18(14)24-19(25)11-1-3-22-4-2-11/h1-6,9,14-15,18,26H,7-8,10H2,(H,24,25)/t14-,15+,18?,20?. The number of aliphatic hydroxyl groups is 1. The Kier molecular flexibility index (Phi) is 3.46. The van der Waals surface area contributed by atoms with Crippen LogP contribution in [0.15, 0.2) is 41.7 Å². The van der Waals surface area contributed by atoms with Crippen molar-refractivity contribution in [1.29, 1.82) is 0 Å². The summed E-state index contributed by atoms with van der Waals surface area (Å²) in [6, 6.07) is 7.33. The van der Waals surface area contributed by atoms with Crippen molar-refractivity contribution in [2.75, 3.05) is 0 Å². The van der Waals surface area contributed by atoms with E-state index in [0.29, 0.717) is 41.8 Å². The molecule has 1 amide bonds. The second kappa shape index (κ2) is 5.63. The van der Waals surface area contributed by atoms with Crippen LogP contribution in [0.25, 0.3) is 0 Å². The van der Waals surface area contributed by atoms with E-state index in [2.05, 4.69) is 15.3 Å². The second-order valence-electron chi connectivity index (χ2n) is 7.49. The Hall–Kier alpha value is -2.24. The first kappa shape index (κ1) is 16.0. The first-order chi connectivity index (χ1) is 12.5. The van der Waals surface area contributed by atoms with Gasteiger partial charge in [0.15, 0.2) is 0 Å². The van der Waals surface area contributed by atoms with Crippen LogP contribution in [0.1, 0.15) is 39.9 Å². The summed E-state index contributed by atoms with van der Waals surface area (Å²) >= 11 is 6.25. The maximum Gasteiger partial charge on any atom is 0.251 e. The highest BCUT2D eigenvalue weighted by Crippen LogP contribution is 2.60. The summed E-state index contributed by atoms with van der Waals surface area (Å²) in [6.07, 6.45) is 6.34. The van der Waals surface area contributed by atoms with E-state index >= 15 is 0 Å². The Balaban J connectivity index is 1.31. The molecule has 0 spiro atoms. The van der Waals surface area contributed by atoms with Crippen molar-refractivity contribution in [2.24, 2.45) is 16.8 Å². The number of benzene rings is 1. The number of halogens is 1. The van der Waals surface area contributed by atoms with Gasteiger partial charge in [-0.1, -0.05) is 11.6 Å². The van der Waals surface area contributed by atoms with E-state index in [4.69, 9.17) is 11.6 Å². The highest BCUT2D eigenvalue weighted by molar-refractivity contribution is 6.31. The highest BCUT2D eigenvalue weighted by atomic mass is 35.5. The van der Waals surface area contributed by atoms with E-state index in [0.717, 1.165) is 16.7 Å². The van der Waals surface area contributed by atoms with Gasteiger partial charge < -0.3 is 10.4 Å². The van der Waals surface area contributed by atoms with E-state index in [1.165, 1.54) is 0 Å². The molecule has 2 fully saturated rings. The third-order valence-electron chi connectivity index (χ3n) is 5.95. The largest absolute Gasteiger partial charge is 0.385 e. The lowest BCUT2D eigenvalue weighted by Crippen LogP contribution is -2.34. The molecule has 4 atom stereocenters. The fourth-order valence-corrected chi connectivity index (χ4v) is 4.86. The lowest BCUT2D eigenvalue weighted by Gasteiger charge is -2.29. The van der Waals surface area contributed by atoms with Crippen molar-refractivity contribution >= 4 is 23.7 Å². The lowest BCUT2D eigenvalue weighted by molar-refractivity contribution is 0.0270. The topological polar surface area (TPSA) is 74.6 Å². The van der Waals surface area contributed by atoms with Gasteiger partial charge in [0.1, 0.15) is 0 Å². The van der Waals surface area contributed by atoms with Crippen molar-refractivity contribution in [3.8, 4) is 0 Å². The van der Waals surface area contributed by atoms with Crippen LogP contribution >= 0.6 is 11.6 Å². The van der Waals surface area contributed by atoms with Gasteiger partial charge in [-0.2, -0.15) is 0 Å². The summed E-state index contributed by atoms with van der Waals surface area (Å²) in [5, 5.41) is 15.0. The zero-order valence-corrected chi connectivity index (χ0v) is 14.8. The molecule has 0 bridgehead atoms. The molecule has 1 aromatic carbocycles. The molecule has 2 heterocycles. The monoisotopic (exact) mass is 367 g/mol. The molecule has 1 aromatic heterocycles. The number of aliphatic imine (C=N–C) groups is 1. The van der Waals surface area contributed by atoms with Crippen molar-refractivity contribution in [2.45, 2.75) is 31.0 Å². The molecular formula is C20H18ClN3O2. The van der Waals surface area contributed by atoms with Crippen LogP contribution in [0.2, 0.25) is 5.02 Å². The summed E-state index contributed by atoms with van der Waals surface area (Å²) < 4.78 is 0. The molecule has 6 heteroatoms. The van der Waals surface area contributed by atoms with Gasteiger partial charge in [-0.25, -0.2) is 0 Å². The van der Waals surface area contributed by atoms with Gasteiger partial charge in [0.2, 0.25) is 0 Å². The van der Waals surface area contributed by atoms with E-state index < -0.39 is 5.60 Å². The molecule has 1 aliphatic heterocycles. The highest BCUT2D eigenvalue weighted by Gasteiger charge is 2.62. The summed E-state index contributed by atoms with van der Waals surface area (Å²) in [5.74, 6) is 0.540. The summed E-state index contributed by atoms with van der Waals surface area (Å²) in [5.41, 5.74) is 2.73. The Morgan fingerprint density at radius 2 is 1.96 bits per heavy atom. The Morgan fingerprint density at radius 1 is 1.23 bits per heavy atom. The number of nitrogens with one attached hydrogen (secondary N) is 1. The van der Waals surface area contributed by atoms with E-state index in [-0.39, 0.29) is 11.9 Å². The zero-order chi connectivity index (χ0) is 17.9. The maximum atomic E-state index is 12.3. The quantitative estimate of drug-likeness (QED) is 0.875. The van der Waals surface area contributed by atoms with Crippen molar-refractivity contribution < 1.29 is 9.90 Å². The number of hydrogen-bond acceptors (Lipinski definition) is 4. The van der Waals surface area contributed by atoms with Gasteiger partial charge in [0, 0.05) is 35.2 Å². The van der Waals surface area contributed by atoms with Crippen LogP contribution in [0.5, 0.6) is 0 Å². The average molecular weight is 368 g/mol. The number of rotatable bonds is 3. The zero-order valence-electron chi connectivity index (χ0n) is 14.0. The number of amides is 1.